The average molecular weight is 228 g/mol. The fourth-order valence-corrected chi connectivity index (χ4v) is 2.15. The number of pyridine rings is 1. The zero-order valence-corrected chi connectivity index (χ0v) is 8.48. The zero-order chi connectivity index (χ0) is 11.5. The van der Waals surface area contributed by atoms with Crippen molar-refractivity contribution in [1.29, 1.82) is 0 Å². The van der Waals surface area contributed by atoms with Crippen LogP contribution in [0.5, 0.6) is 0 Å². The number of nitrogens with zero attached hydrogens (tertiary/aromatic N) is 2. The Morgan fingerprint density at radius 3 is 2.80 bits per heavy atom. The molecule has 0 fully saturated rings. The van der Waals surface area contributed by atoms with Crippen LogP contribution in [0, 0.1) is 10.1 Å². The maximum Gasteiger partial charge on any atom is 0.306 e. The van der Waals surface area contributed by atoms with E-state index in [1.165, 1.54) is 12.3 Å². The Labute approximate surface area is 86.3 Å². The molecule has 0 amide bonds. The van der Waals surface area contributed by atoms with E-state index < -0.39 is 25.5 Å². The molecule has 0 atom stereocenters. The molecule has 80 valence electrons. The highest BCUT2D eigenvalue weighted by Gasteiger charge is 2.25. The molecule has 0 unspecified atom stereocenters. The standard InChI is InChI=1S/C8H8N2O4S/c1-2-6-15(13,14)8-7(10(11)12)4-3-5-9-8/h2-5H,1,6H2. The van der Waals surface area contributed by atoms with Crippen LogP contribution in [0.25, 0.3) is 0 Å². The molecular weight excluding hydrogens is 220 g/mol. The Bertz CT molecular complexity index is 495. The van der Waals surface area contributed by atoms with Crippen LogP contribution in [0.2, 0.25) is 0 Å². The molecule has 0 bridgehead atoms. The summed E-state index contributed by atoms with van der Waals surface area (Å²) < 4.78 is 23.0. The van der Waals surface area contributed by atoms with Crippen molar-refractivity contribution in [3.05, 3.63) is 41.1 Å². The predicted molar refractivity (Wildman–Crippen MR) is 53.1 cm³/mol. The lowest BCUT2D eigenvalue weighted by atomic mass is 10.4. The van der Waals surface area contributed by atoms with Gasteiger partial charge in [0.2, 0.25) is 14.9 Å². The van der Waals surface area contributed by atoms with Gasteiger partial charge in [-0.3, -0.25) is 10.1 Å². The molecule has 0 radical (unpaired) electrons. The van der Waals surface area contributed by atoms with Crippen LogP contribution in [0.15, 0.2) is 36.0 Å². The van der Waals surface area contributed by atoms with E-state index in [2.05, 4.69) is 11.6 Å². The SMILES string of the molecule is C=CCS(=O)(=O)c1ncccc1[N+](=O)[O-]. The van der Waals surface area contributed by atoms with Gasteiger partial charge in [0, 0.05) is 12.3 Å². The summed E-state index contributed by atoms with van der Waals surface area (Å²) in [6.45, 7) is 3.27. The van der Waals surface area contributed by atoms with Crippen LogP contribution in [-0.4, -0.2) is 24.1 Å². The molecule has 0 aliphatic rings. The summed E-state index contributed by atoms with van der Waals surface area (Å²) in [6.07, 6.45) is 2.36. The summed E-state index contributed by atoms with van der Waals surface area (Å²) in [6, 6.07) is 2.41. The minimum absolute atomic E-state index is 0.370. The fourth-order valence-electron chi connectivity index (χ4n) is 0.995. The van der Waals surface area contributed by atoms with E-state index in [9.17, 15) is 18.5 Å². The summed E-state index contributed by atoms with van der Waals surface area (Å²) in [4.78, 5) is 13.3. The van der Waals surface area contributed by atoms with E-state index >= 15 is 0 Å². The number of rotatable bonds is 4. The molecule has 1 rings (SSSR count). The van der Waals surface area contributed by atoms with Crippen molar-refractivity contribution in [3.63, 3.8) is 0 Å². The highest BCUT2D eigenvalue weighted by Crippen LogP contribution is 2.21. The average Bonchev–Trinajstić information content (AvgIpc) is 2.17. The number of hydrogen-bond donors (Lipinski definition) is 0. The smallest absolute Gasteiger partial charge is 0.258 e. The van der Waals surface area contributed by atoms with E-state index in [0.29, 0.717) is 0 Å². The van der Waals surface area contributed by atoms with Gasteiger partial charge < -0.3 is 0 Å². The molecule has 15 heavy (non-hydrogen) atoms. The van der Waals surface area contributed by atoms with E-state index in [4.69, 9.17) is 0 Å². The van der Waals surface area contributed by atoms with Gasteiger partial charge in [-0.1, -0.05) is 6.08 Å². The molecule has 6 nitrogen and oxygen atoms in total. The Morgan fingerprint density at radius 1 is 1.60 bits per heavy atom. The molecular formula is C8H8N2O4S. The number of aromatic nitrogens is 1. The third-order valence-corrected chi connectivity index (χ3v) is 3.16. The molecule has 0 saturated carbocycles. The summed E-state index contributed by atoms with van der Waals surface area (Å²) in [5.41, 5.74) is -0.514. The first-order valence-electron chi connectivity index (χ1n) is 3.92. The second-order valence-electron chi connectivity index (χ2n) is 2.65. The van der Waals surface area contributed by atoms with Crippen LogP contribution >= 0.6 is 0 Å². The minimum atomic E-state index is -3.76. The lowest BCUT2D eigenvalue weighted by molar-refractivity contribution is -0.388. The maximum absolute atomic E-state index is 11.5. The summed E-state index contributed by atoms with van der Waals surface area (Å²) >= 11 is 0. The minimum Gasteiger partial charge on any atom is -0.258 e. The first-order chi connectivity index (χ1) is 6.99. The molecule has 7 heteroatoms. The molecule has 0 aromatic carbocycles. The molecule has 0 spiro atoms. The fraction of sp³-hybridized carbons (Fsp3) is 0.125. The lowest BCUT2D eigenvalue weighted by Gasteiger charge is -2.00. The Balaban J connectivity index is 3.37. The molecule has 0 aliphatic carbocycles. The third-order valence-electron chi connectivity index (χ3n) is 1.58. The predicted octanol–water partition coefficient (Wildman–Crippen LogP) is 0.950. The van der Waals surface area contributed by atoms with Gasteiger partial charge in [-0.25, -0.2) is 13.4 Å². The third kappa shape index (κ3) is 2.38. The highest BCUT2D eigenvalue weighted by molar-refractivity contribution is 7.91. The molecule has 1 aromatic heterocycles. The van der Waals surface area contributed by atoms with Gasteiger partial charge in [-0.15, -0.1) is 6.58 Å². The van der Waals surface area contributed by atoms with Crippen molar-refractivity contribution < 1.29 is 13.3 Å². The van der Waals surface area contributed by atoms with Crippen LogP contribution in [0.1, 0.15) is 0 Å². The van der Waals surface area contributed by atoms with Crippen molar-refractivity contribution in [2.75, 3.05) is 5.75 Å². The first-order valence-corrected chi connectivity index (χ1v) is 5.57. The topological polar surface area (TPSA) is 90.2 Å². The van der Waals surface area contributed by atoms with Crippen molar-refractivity contribution in [2.24, 2.45) is 0 Å². The summed E-state index contributed by atoms with van der Waals surface area (Å²) in [5, 5.41) is 10.0. The van der Waals surface area contributed by atoms with Gasteiger partial charge in [0.25, 0.3) is 0 Å². The Morgan fingerprint density at radius 2 is 2.27 bits per heavy atom. The van der Waals surface area contributed by atoms with Gasteiger partial charge in [0.1, 0.15) is 0 Å². The lowest BCUT2D eigenvalue weighted by Crippen LogP contribution is -2.09. The molecule has 0 N–H and O–H groups in total. The quantitative estimate of drug-likeness (QED) is 0.434. The van der Waals surface area contributed by atoms with Crippen molar-refractivity contribution >= 4 is 15.5 Å². The van der Waals surface area contributed by atoms with Crippen LogP contribution in [-0.2, 0) is 9.84 Å². The van der Waals surface area contributed by atoms with Crippen molar-refractivity contribution in [1.82, 2.24) is 4.98 Å². The monoisotopic (exact) mass is 228 g/mol. The van der Waals surface area contributed by atoms with E-state index in [1.54, 1.807) is 0 Å². The molecule has 1 aromatic rings. The normalized spacial score (nSPS) is 10.9. The van der Waals surface area contributed by atoms with Crippen molar-refractivity contribution in [3.8, 4) is 0 Å². The number of hydrogen-bond acceptors (Lipinski definition) is 5. The van der Waals surface area contributed by atoms with Gasteiger partial charge in [0.15, 0.2) is 0 Å². The highest BCUT2D eigenvalue weighted by atomic mass is 32.2. The van der Waals surface area contributed by atoms with Crippen LogP contribution in [0.4, 0.5) is 5.69 Å². The van der Waals surface area contributed by atoms with Gasteiger partial charge in [-0.2, -0.15) is 0 Å². The Kier molecular flexibility index (Phi) is 3.15. The van der Waals surface area contributed by atoms with E-state index in [0.717, 1.165) is 12.1 Å². The Hall–Kier alpha value is -1.76. The number of sulfone groups is 1. The molecule has 0 aliphatic heterocycles. The second-order valence-corrected chi connectivity index (χ2v) is 4.60. The largest absolute Gasteiger partial charge is 0.306 e. The van der Waals surface area contributed by atoms with Crippen LogP contribution in [0.3, 0.4) is 0 Å². The van der Waals surface area contributed by atoms with Crippen molar-refractivity contribution in [2.45, 2.75) is 5.03 Å². The molecule has 1 heterocycles. The second kappa shape index (κ2) is 4.18. The number of nitro groups is 1. The molecule has 0 saturated heterocycles. The van der Waals surface area contributed by atoms with Gasteiger partial charge in [-0.05, 0) is 6.07 Å². The van der Waals surface area contributed by atoms with Gasteiger partial charge in [0.05, 0.1) is 10.7 Å². The van der Waals surface area contributed by atoms with Crippen LogP contribution < -0.4 is 0 Å². The maximum atomic E-state index is 11.5. The first kappa shape index (κ1) is 11.3. The van der Waals surface area contributed by atoms with E-state index in [-0.39, 0.29) is 5.75 Å². The zero-order valence-electron chi connectivity index (χ0n) is 7.66. The summed E-state index contributed by atoms with van der Waals surface area (Å²) in [7, 11) is -3.76. The van der Waals surface area contributed by atoms with E-state index in [1.807, 2.05) is 0 Å². The van der Waals surface area contributed by atoms with Gasteiger partial charge >= 0.3 is 5.69 Å². The summed E-state index contributed by atoms with van der Waals surface area (Å²) in [5.74, 6) is -0.370.